The highest BCUT2D eigenvalue weighted by Gasteiger charge is 2.37. The lowest BCUT2D eigenvalue weighted by Crippen LogP contribution is -2.42. The number of nitrogens with two attached hydrogens (primary N) is 1. The van der Waals surface area contributed by atoms with Crippen molar-refractivity contribution in [1.29, 1.82) is 0 Å². The fourth-order valence-corrected chi connectivity index (χ4v) is 2.14. The Morgan fingerprint density at radius 1 is 1.50 bits per heavy atom. The van der Waals surface area contributed by atoms with Crippen LogP contribution in [0.2, 0.25) is 0 Å². The Morgan fingerprint density at radius 2 is 2.06 bits per heavy atom. The van der Waals surface area contributed by atoms with Crippen LogP contribution in [0.5, 0.6) is 0 Å². The van der Waals surface area contributed by atoms with Gasteiger partial charge in [0.1, 0.15) is 0 Å². The average molecular weight is 249 g/mol. The van der Waals surface area contributed by atoms with Crippen LogP contribution >= 0.6 is 12.4 Å². The van der Waals surface area contributed by atoms with Crippen molar-refractivity contribution in [1.82, 2.24) is 4.90 Å². The SMILES string of the molecule is CCC(C)(C)C(=O)N1CC(CN)CC1C.Cl. The van der Waals surface area contributed by atoms with E-state index in [1.54, 1.807) is 0 Å². The van der Waals surface area contributed by atoms with Crippen LogP contribution in [0.3, 0.4) is 0 Å². The van der Waals surface area contributed by atoms with E-state index in [2.05, 4.69) is 13.8 Å². The van der Waals surface area contributed by atoms with E-state index in [1.165, 1.54) is 0 Å². The van der Waals surface area contributed by atoms with E-state index in [0.29, 0.717) is 18.5 Å². The lowest BCUT2D eigenvalue weighted by molar-refractivity contribution is -0.141. The van der Waals surface area contributed by atoms with Crippen molar-refractivity contribution in [2.75, 3.05) is 13.1 Å². The van der Waals surface area contributed by atoms with Crippen molar-refractivity contribution >= 4 is 18.3 Å². The molecule has 1 aliphatic rings. The predicted octanol–water partition coefficient (Wildman–Crippen LogP) is 2.04. The van der Waals surface area contributed by atoms with Gasteiger partial charge in [0.15, 0.2) is 0 Å². The highest BCUT2D eigenvalue weighted by Crippen LogP contribution is 2.30. The van der Waals surface area contributed by atoms with Crippen molar-refractivity contribution in [3.05, 3.63) is 0 Å². The number of hydrogen-bond donors (Lipinski definition) is 1. The Hall–Kier alpha value is -0.280. The number of likely N-dealkylation sites (tertiary alicyclic amines) is 1. The van der Waals surface area contributed by atoms with E-state index >= 15 is 0 Å². The number of nitrogens with zero attached hydrogens (tertiary/aromatic N) is 1. The number of amides is 1. The summed E-state index contributed by atoms with van der Waals surface area (Å²) in [7, 11) is 0. The second-order valence-electron chi connectivity index (χ2n) is 5.38. The molecule has 1 aliphatic heterocycles. The van der Waals surface area contributed by atoms with E-state index in [-0.39, 0.29) is 23.7 Å². The molecule has 0 spiro atoms. The molecule has 96 valence electrons. The fraction of sp³-hybridized carbons (Fsp3) is 0.917. The van der Waals surface area contributed by atoms with Gasteiger partial charge in [-0.05, 0) is 32.2 Å². The number of carbonyl (C=O) groups is 1. The van der Waals surface area contributed by atoms with Gasteiger partial charge in [0.2, 0.25) is 5.91 Å². The van der Waals surface area contributed by atoms with Crippen molar-refractivity contribution < 1.29 is 4.79 Å². The quantitative estimate of drug-likeness (QED) is 0.831. The molecule has 4 heteroatoms. The Kier molecular flexibility index (Phi) is 5.77. The summed E-state index contributed by atoms with van der Waals surface area (Å²) in [6, 6.07) is 0.358. The lowest BCUT2D eigenvalue weighted by atomic mass is 9.88. The zero-order chi connectivity index (χ0) is 11.6. The Labute approximate surface area is 105 Å². The topological polar surface area (TPSA) is 46.3 Å². The van der Waals surface area contributed by atoms with Gasteiger partial charge in [-0.1, -0.05) is 20.8 Å². The zero-order valence-electron chi connectivity index (χ0n) is 10.8. The maximum Gasteiger partial charge on any atom is 0.228 e. The van der Waals surface area contributed by atoms with Crippen LogP contribution in [-0.4, -0.2) is 29.9 Å². The molecule has 1 saturated heterocycles. The standard InChI is InChI=1S/C12H24N2O.ClH/c1-5-12(3,4)11(15)14-8-10(7-13)6-9(14)2;/h9-10H,5-8,13H2,1-4H3;1H. The van der Waals surface area contributed by atoms with Gasteiger partial charge in [-0.25, -0.2) is 0 Å². The molecule has 0 aromatic heterocycles. The normalized spacial score (nSPS) is 25.4. The molecule has 3 nitrogen and oxygen atoms in total. The molecule has 2 unspecified atom stereocenters. The summed E-state index contributed by atoms with van der Waals surface area (Å²) in [6.07, 6.45) is 1.95. The molecule has 2 N–H and O–H groups in total. The van der Waals surface area contributed by atoms with Crippen LogP contribution in [0.1, 0.15) is 40.5 Å². The molecule has 1 heterocycles. The summed E-state index contributed by atoms with van der Waals surface area (Å²) >= 11 is 0. The molecular formula is C12H25ClN2O. The smallest absolute Gasteiger partial charge is 0.228 e. The van der Waals surface area contributed by atoms with Crippen molar-refractivity contribution in [3.63, 3.8) is 0 Å². The van der Waals surface area contributed by atoms with Crippen molar-refractivity contribution in [2.45, 2.75) is 46.6 Å². The summed E-state index contributed by atoms with van der Waals surface area (Å²) in [6.45, 7) is 9.79. The number of carbonyl (C=O) groups excluding carboxylic acids is 1. The van der Waals surface area contributed by atoms with Gasteiger partial charge in [0.05, 0.1) is 0 Å². The molecule has 16 heavy (non-hydrogen) atoms. The number of halogens is 1. The average Bonchev–Trinajstić information content (AvgIpc) is 2.58. The van der Waals surface area contributed by atoms with Gasteiger partial charge in [-0.2, -0.15) is 0 Å². The van der Waals surface area contributed by atoms with E-state index in [4.69, 9.17) is 5.73 Å². The van der Waals surface area contributed by atoms with E-state index in [0.717, 1.165) is 19.4 Å². The maximum absolute atomic E-state index is 12.3. The van der Waals surface area contributed by atoms with Crippen LogP contribution in [0.4, 0.5) is 0 Å². The van der Waals surface area contributed by atoms with Crippen molar-refractivity contribution in [2.24, 2.45) is 17.1 Å². The number of hydrogen-bond acceptors (Lipinski definition) is 2. The predicted molar refractivity (Wildman–Crippen MR) is 69.7 cm³/mol. The minimum Gasteiger partial charge on any atom is -0.339 e. The van der Waals surface area contributed by atoms with Crippen LogP contribution in [-0.2, 0) is 4.79 Å². The van der Waals surface area contributed by atoms with E-state index in [1.807, 2.05) is 18.7 Å². The molecule has 2 atom stereocenters. The Balaban J connectivity index is 0.00000225. The van der Waals surface area contributed by atoms with Gasteiger partial charge < -0.3 is 10.6 Å². The minimum absolute atomic E-state index is 0. The monoisotopic (exact) mass is 248 g/mol. The molecule has 0 radical (unpaired) electrons. The summed E-state index contributed by atoms with van der Waals surface area (Å²) in [5, 5.41) is 0. The first-order chi connectivity index (χ1) is 6.92. The maximum atomic E-state index is 12.3. The molecule has 0 aromatic carbocycles. The second kappa shape index (κ2) is 5.87. The third kappa shape index (κ3) is 3.11. The summed E-state index contributed by atoms with van der Waals surface area (Å²) in [4.78, 5) is 14.3. The van der Waals surface area contributed by atoms with Gasteiger partial charge in [0.25, 0.3) is 0 Å². The Bertz CT molecular complexity index is 243. The highest BCUT2D eigenvalue weighted by molar-refractivity contribution is 5.85. The van der Waals surface area contributed by atoms with Crippen LogP contribution < -0.4 is 5.73 Å². The number of rotatable bonds is 3. The molecule has 0 saturated carbocycles. The molecule has 0 aliphatic carbocycles. The third-order valence-electron chi connectivity index (χ3n) is 3.72. The summed E-state index contributed by atoms with van der Waals surface area (Å²) in [5.41, 5.74) is 5.44. The first-order valence-corrected chi connectivity index (χ1v) is 5.93. The molecule has 1 rings (SSSR count). The molecular weight excluding hydrogens is 224 g/mol. The summed E-state index contributed by atoms with van der Waals surface area (Å²) in [5.74, 6) is 0.782. The van der Waals surface area contributed by atoms with Crippen LogP contribution in [0.25, 0.3) is 0 Å². The van der Waals surface area contributed by atoms with Gasteiger partial charge in [-0.15, -0.1) is 12.4 Å². The van der Waals surface area contributed by atoms with E-state index in [9.17, 15) is 4.79 Å². The van der Waals surface area contributed by atoms with E-state index < -0.39 is 0 Å². The first kappa shape index (κ1) is 15.7. The zero-order valence-corrected chi connectivity index (χ0v) is 11.6. The second-order valence-corrected chi connectivity index (χ2v) is 5.38. The lowest BCUT2D eigenvalue weighted by Gasteiger charge is -2.31. The largest absolute Gasteiger partial charge is 0.339 e. The molecule has 0 aromatic rings. The van der Waals surface area contributed by atoms with Gasteiger partial charge >= 0.3 is 0 Å². The van der Waals surface area contributed by atoms with Crippen LogP contribution in [0, 0.1) is 11.3 Å². The molecule has 0 bridgehead atoms. The molecule has 1 amide bonds. The summed E-state index contributed by atoms with van der Waals surface area (Å²) < 4.78 is 0. The molecule has 1 fully saturated rings. The highest BCUT2D eigenvalue weighted by atomic mass is 35.5. The van der Waals surface area contributed by atoms with Crippen molar-refractivity contribution in [3.8, 4) is 0 Å². The Morgan fingerprint density at radius 3 is 2.44 bits per heavy atom. The third-order valence-corrected chi connectivity index (χ3v) is 3.72. The first-order valence-electron chi connectivity index (χ1n) is 5.93. The van der Waals surface area contributed by atoms with Gasteiger partial charge in [-0.3, -0.25) is 4.79 Å². The fourth-order valence-electron chi connectivity index (χ4n) is 2.14. The van der Waals surface area contributed by atoms with Gasteiger partial charge in [0, 0.05) is 18.0 Å². The van der Waals surface area contributed by atoms with Crippen LogP contribution in [0.15, 0.2) is 0 Å². The minimum atomic E-state index is -0.224.